The van der Waals surface area contributed by atoms with Crippen molar-refractivity contribution < 1.29 is 13.5 Å². The summed E-state index contributed by atoms with van der Waals surface area (Å²) in [5, 5.41) is 9.89. The number of hydrogen-bond acceptors (Lipinski definition) is 3. The fourth-order valence-corrected chi connectivity index (χ4v) is 2.27. The predicted molar refractivity (Wildman–Crippen MR) is 54.0 cm³/mol. The molecule has 1 rings (SSSR count). The van der Waals surface area contributed by atoms with Crippen LogP contribution in [-0.4, -0.2) is 44.1 Å². The van der Waals surface area contributed by atoms with Crippen molar-refractivity contribution in [1.82, 2.24) is 9.03 Å². The van der Waals surface area contributed by atoms with Crippen molar-refractivity contribution in [2.45, 2.75) is 31.3 Å². The summed E-state index contributed by atoms with van der Waals surface area (Å²) in [6, 6.07) is 0. The van der Waals surface area contributed by atoms with Crippen molar-refractivity contribution in [1.29, 1.82) is 0 Å². The van der Waals surface area contributed by atoms with Gasteiger partial charge in [0.1, 0.15) is 0 Å². The minimum atomic E-state index is -3.40. The van der Waals surface area contributed by atoms with Crippen molar-refractivity contribution in [3.05, 3.63) is 0 Å². The van der Waals surface area contributed by atoms with Crippen molar-refractivity contribution >= 4 is 10.2 Å². The molecule has 0 aromatic rings. The van der Waals surface area contributed by atoms with Gasteiger partial charge in [0.25, 0.3) is 10.2 Å². The molecule has 0 saturated heterocycles. The minimum Gasteiger partial charge on any atom is -0.389 e. The molecule has 0 atom stereocenters. The molecule has 0 aromatic carbocycles. The number of rotatable bonds is 4. The van der Waals surface area contributed by atoms with Gasteiger partial charge >= 0.3 is 0 Å². The Hall–Kier alpha value is -0.170. The zero-order chi connectivity index (χ0) is 10.8. The highest BCUT2D eigenvalue weighted by atomic mass is 32.2. The molecule has 0 amide bonds. The Bertz CT molecular complexity index is 281. The third-order valence-corrected chi connectivity index (χ3v) is 4.07. The minimum absolute atomic E-state index is 0.119. The maximum absolute atomic E-state index is 11.3. The smallest absolute Gasteiger partial charge is 0.279 e. The molecule has 0 spiro atoms. The Labute approximate surface area is 85.3 Å². The molecule has 84 valence electrons. The quantitative estimate of drug-likeness (QED) is 0.685. The molecular formula is C8H18N2O3S. The van der Waals surface area contributed by atoms with Crippen LogP contribution >= 0.6 is 0 Å². The van der Waals surface area contributed by atoms with Gasteiger partial charge in [-0.2, -0.15) is 17.4 Å². The molecule has 0 aromatic heterocycles. The fraction of sp³-hybridized carbons (Fsp3) is 1.00. The van der Waals surface area contributed by atoms with Gasteiger partial charge in [-0.05, 0) is 12.8 Å². The summed E-state index contributed by atoms with van der Waals surface area (Å²) in [6.45, 7) is 0.119. The van der Waals surface area contributed by atoms with Gasteiger partial charge in [-0.15, -0.1) is 0 Å². The molecule has 1 fully saturated rings. The standard InChI is InChI=1S/C8H18N2O3S/c1-10(2)14(12,13)9-7-8(11)5-3-4-6-8/h9,11H,3-7H2,1-2H3. The van der Waals surface area contributed by atoms with Crippen LogP contribution in [0.15, 0.2) is 0 Å². The van der Waals surface area contributed by atoms with Gasteiger partial charge in [0, 0.05) is 20.6 Å². The normalized spacial score (nSPS) is 21.7. The number of nitrogens with one attached hydrogen (secondary N) is 1. The molecular weight excluding hydrogens is 204 g/mol. The maximum Gasteiger partial charge on any atom is 0.279 e. The van der Waals surface area contributed by atoms with Crippen LogP contribution < -0.4 is 4.72 Å². The monoisotopic (exact) mass is 222 g/mol. The van der Waals surface area contributed by atoms with Gasteiger partial charge in [-0.3, -0.25) is 0 Å². The van der Waals surface area contributed by atoms with E-state index in [1.807, 2.05) is 0 Å². The van der Waals surface area contributed by atoms with Crippen LogP contribution in [0.2, 0.25) is 0 Å². The van der Waals surface area contributed by atoms with Gasteiger partial charge in [-0.1, -0.05) is 12.8 Å². The summed E-state index contributed by atoms with van der Waals surface area (Å²) in [7, 11) is -0.482. The molecule has 1 saturated carbocycles. The highest BCUT2D eigenvalue weighted by Gasteiger charge is 2.32. The molecule has 1 aliphatic carbocycles. The van der Waals surface area contributed by atoms with E-state index in [9.17, 15) is 13.5 Å². The Morgan fingerprint density at radius 1 is 1.36 bits per heavy atom. The van der Waals surface area contributed by atoms with Crippen LogP contribution in [-0.2, 0) is 10.2 Å². The van der Waals surface area contributed by atoms with Crippen LogP contribution in [0.3, 0.4) is 0 Å². The third kappa shape index (κ3) is 2.91. The highest BCUT2D eigenvalue weighted by Crippen LogP contribution is 2.28. The second-order valence-electron chi connectivity index (χ2n) is 4.04. The topological polar surface area (TPSA) is 69.6 Å². The Morgan fingerprint density at radius 3 is 2.29 bits per heavy atom. The molecule has 0 radical (unpaired) electrons. The first kappa shape index (κ1) is 11.9. The molecule has 0 aliphatic heterocycles. The van der Waals surface area contributed by atoms with Gasteiger partial charge < -0.3 is 5.11 Å². The first-order valence-electron chi connectivity index (χ1n) is 4.75. The second-order valence-corrected chi connectivity index (χ2v) is 6.01. The molecule has 6 heteroatoms. The number of hydrogen-bond donors (Lipinski definition) is 2. The molecule has 0 bridgehead atoms. The van der Waals surface area contributed by atoms with Gasteiger partial charge in [0.2, 0.25) is 0 Å². The summed E-state index contributed by atoms with van der Waals surface area (Å²) in [5.74, 6) is 0. The van der Waals surface area contributed by atoms with E-state index in [2.05, 4.69) is 4.72 Å². The van der Waals surface area contributed by atoms with Crippen molar-refractivity contribution in [3.8, 4) is 0 Å². The van der Waals surface area contributed by atoms with Crippen LogP contribution in [0.1, 0.15) is 25.7 Å². The van der Waals surface area contributed by atoms with E-state index in [0.717, 1.165) is 17.1 Å². The Kier molecular flexibility index (Phi) is 3.52. The summed E-state index contributed by atoms with van der Waals surface area (Å²) < 4.78 is 26.2. The van der Waals surface area contributed by atoms with Crippen molar-refractivity contribution in [2.24, 2.45) is 0 Å². The van der Waals surface area contributed by atoms with Gasteiger partial charge in [-0.25, -0.2) is 0 Å². The van der Waals surface area contributed by atoms with Crippen molar-refractivity contribution in [3.63, 3.8) is 0 Å². The van der Waals surface area contributed by atoms with Crippen LogP contribution in [0.5, 0.6) is 0 Å². The summed E-state index contributed by atoms with van der Waals surface area (Å²) in [4.78, 5) is 0. The van der Waals surface area contributed by atoms with E-state index in [0.29, 0.717) is 12.8 Å². The predicted octanol–water partition coefficient (Wildman–Crippen LogP) is -0.313. The molecule has 2 N–H and O–H groups in total. The lowest BCUT2D eigenvalue weighted by Crippen LogP contribution is -2.44. The average molecular weight is 222 g/mol. The highest BCUT2D eigenvalue weighted by molar-refractivity contribution is 7.87. The Morgan fingerprint density at radius 2 is 1.86 bits per heavy atom. The van der Waals surface area contributed by atoms with Gasteiger partial charge in [0.15, 0.2) is 0 Å². The van der Waals surface area contributed by atoms with E-state index < -0.39 is 15.8 Å². The Balaban J connectivity index is 2.48. The SMILES string of the molecule is CN(C)S(=O)(=O)NCC1(O)CCCC1. The maximum atomic E-state index is 11.3. The fourth-order valence-electron chi connectivity index (χ4n) is 1.56. The largest absolute Gasteiger partial charge is 0.389 e. The molecule has 14 heavy (non-hydrogen) atoms. The lowest BCUT2D eigenvalue weighted by atomic mass is 10.0. The van der Waals surface area contributed by atoms with E-state index in [1.165, 1.54) is 14.1 Å². The third-order valence-electron chi connectivity index (χ3n) is 2.60. The average Bonchev–Trinajstić information content (AvgIpc) is 2.50. The summed E-state index contributed by atoms with van der Waals surface area (Å²) >= 11 is 0. The first-order chi connectivity index (χ1) is 6.36. The van der Waals surface area contributed by atoms with E-state index in [1.54, 1.807) is 0 Å². The zero-order valence-electron chi connectivity index (χ0n) is 8.65. The van der Waals surface area contributed by atoms with Crippen molar-refractivity contribution in [2.75, 3.05) is 20.6 Å². The van der Waals surface area contributed by atoms with Crippen LogP contribution in [0.4, 0.5) is 0 Å². The molecule has 0 unspecified atom stereocenters. The lowest BCUT2D eigenvalue weighted by Gasteiger charge is -2.23. The van der Waals surface area contributed by atoms with E-state index in [4.69, 9.17) is 0 Å². The second kappa shape index (κ2) is 4.14. The lowest BCUT2D eigenvalue weighted by molar-refractivity contribution is 0.0528. The van der Waals surface area contributed by atoms with Crippen LogP contribution in [0, 0.1) is 0 Å². The number of aliphatic hydroxyl groups is 1. The molecule has 1 aliphatic rings. The van der Waals surface area contributed by atoms with E-state index >= 15 is 0 Å². The number of nitrogens with zero attached hydrogens (tertiary/aromatic N) is 1. The first-order valence-corrected chi connectivity index (χ1v) is 6.19. The molecule has 0 heterocycles. The summed E-state index contributed by atoms with van der Waals surface area (Å²) in [6.07, 6.45) is 3.31. The van der Waals surface area contributed by atoms with E-state index in [-0.39, 0.29) is 6.54 Å². The zero-order valence-corrected chi connectivity index (χ0v) is 9.47. The van der Waals surface area contributed by atoms with Gasteiger partial charge in [0.05, 0.1) is 5.60 Å². The molecule has 5 nitrogen and oxygen atoms in total. The van der Waals surface area contributed by atoms with Crippen LogP contribution in [0.25, 0.3) is 0 Å². The summed E-state index contributed by atoms with van der Waals surface area (Å²) in [5.41, 5.74) is -0.830.